The van der Waals surface area contributed by atoms with Crippen molar-refractivity contribution in [1.82, 2.24) is 14.8 Å². The number of nitrogens with zero attached hydrogens (tertiary/aromatic N) is 3. The summed E-state index contributed by atoms with van der Waals surface area (Å²) in [4.78, 5) is 0. The Morgan fingerprint density at radius 1 is 1.30 bits per heavy atom. The fourth-order valence-corrected chi connectivity index (χ4v) is 1.81. The van der Waals surface area contributed by atoms with Crippen molar-refractivity contribution in [3.63, 3.8) is 0 Å². The molecule has 2 aromatic rings. The number of methoxy groups -OCH3 is 1. The lowest BCUT2D eigenvalue weighted by Crippen LogP contribution is -2.07. The maximum atomic E-state index is 5.86. The molecule has 0 radical (unpaired) electrons. The van der Waals surface area contributed by atoms with Gasteiger partial charge in [0.25, 0.3) is 0 Å². The second kappa shape index (κ2) is 5.92. The lowest BCUT2D eigenvalue weighted by Gasteiger charge is -2.13. The van der Waals surface area contributed by atoms with E-state index in [4.69, 9.17) is 15.2 Å². The fraction of sp³-hybridized carbons (Fsp3) is 0.429. The number of aryl methyl sites for hydroxylation is 1. The van der Waals surface area contributed by atoms with Gasteiger partial charge in [0.05, 0.1) is 7.11 Å². The first kappa shape index (κ1) is 14.3. The van der Waals surface area contributed by atoms with Crippen molar-refractivity contribution in [3.05, 3.63) is 35.4 Å². The van der Waals surface area contributed by atoms with E-state index in [1.165, 1.54) is 0 Å². The molecule has 1 aromatic carbocycles. The van der Waals surface area contributed by atoms with Crippen LogP contribution in [0.3, 0.4) is 0 Å². The molecule has 0 saturated heterocycles. The molecule has 0 aliphatic carbocycles. The molecule has 0 aliphatic rings. The predicted octanol–water partition coefficient (Wildman–Crippen LogP) is 1.73. The van der Waals surface area contributed by atoms with Crippen LogP contribution in [0.2, 0.25) is 0 Å². The monoisotopic (exact) mass is 276 g/mol. The summed E-state index contributed by atoms with van der Waals surface area (Å²) in [5.41, 5.74) is 6.86. The molecule has 0 spiro atoms. The van der Waals surface area contributed by atoms with Gasteiger partial charge in [0.1, 0.15) is 12.4 Å². The minimum absolute atomic E-state index is 0.0423. The van der Waals surface area contributed by atoms with Crippen molar-refractivity contribution in [2.24, 2.45) is 12.8 Å². The number of hydrogen-bond donors (Lipinski definition) is 1. The number of rotatable bonds is 5. The van der Waals surface area contributed by atoms with Gasteiger partial charge in [0.2, 0.25) is 0 Å². The summed E-state index contributed by atoms with van der Waals surface area (Å²) in [6, 6.07) is 5.65. The van der Waals surface area contributed by atoms with E-state index in [2.05, 4.69) is 10.2 Å². The molecule has 6 heteroatoms. The molecular formula is C14H20N4O2. The van der Waals surface area contributed by atoms with Crippen molar-refractivity contribution in [2.75, 3.05) is 7.11 Å². The highest BCUT2D eigenvalue weighted by Gasteiger charge is 2.10. The average Bonchev–Trinajstić information content (AvgIpc) is 2.76. The molecule has 0 saturated carbocycles. The van der Waals surface area contributed by atoms with Crippen LogP contribution in [0.1, 0.15) is 30.2 Å². The van der Waals surface area contributed by atoms with E-state index in [1.807, 2.05) is 43.7 Å². The Morgan fingerprint density at radius 3 is 2.60 bits per heavy atom. The van der Waals surface area contributed by atoms with Crippen LogP contribution in [-0.2, 0) is 13.7 Å². The lowest BCUT2D eigenvalue weighted by molar-refractivity contribution is 0.272. The highest BCUT2D eigenvalue weighted by atomic mass is 16.5. The number of aromatic nitrogens is 3. The Kier molecular flexibility index (Phi) is 4.24. The molecule has 6 nitrogen and oxygen atoms in total. The SMILES string of the molecule is COc1cc(C(C)N)ccc1OCc1nnc(C)n1C. The third-order valence-corrected chi connectivity index (χ3v) is 3.25. The van der Waals surface area contributed by atoms with E-state index < -0.39 is 0 Å². The minimum Gasteiger partial charge on any atom is -0.493 e. The molecule has 0 amide bonds. The van der Waals surface area contributed by atoms with Crippen LogP contribution in [0, 0.1) is 6.92 Å². The van der Waals surface area contributed by atoms with Gasteiger partial charge in [-0.3, -0.25) is 0 Å². The summed E-state index contributed by atoms with van der Waals surface area (Å²) in [5, 5.41) is 8.05. The normalized spacial score (nSPS) is 12.2. The lowest BCUT2D eigenvalue weighted by atomic mass is 10.1. The topological polar surface area (TPSA) is 75.2 Å². The molecule has 2 rings (SSSR count). The third kappa shape index (κ3) is 2.91. The molecule has 0 bridgehead atoms. The first-order valence-corrected chi connectivity index (χ1v) is 6.44. The van der Waals surface area contributed by atoms with Gasteiger partial charge in [-0.25, -0.2) is 0 Å². The van der Waals surface area contributed by atoms with E-state index in [0.29, 0.717) is 18.1 Å². The Hall–Kier alpha value is -2.08. The number of nitrogens with two attached hydrogens (primary N) is 1. The molecule has 0 fully saturated rings. The van der Waals surface area contributed by atoms with Crippen molar-refractivity contribution >= 4 is 0 Å². The summed E-state index contributed by atoms with van der Waals surface area (Å²) in [6.45, 7) is 4.16. The van der Waals surface area contributed by atoms with Gasteiger partial charge in [-0.2, -0.15) is 0 Å². The Balaban J connectivity index is 2.15. The van der Waals surface area contributed by atoms with Gasteiger partial charge in [0, 0.05) is 13.1 Å². The molecule has 1 atom stereocenters. The largest absolute Gasteiger partial charge is 0.493 e. The zero-order valence-corrected chi connectivity index (χ0v) is 12.3. The maximum absolute atomic E-state index is 5.86. The Bertz CT molecular complexity index is 593. The Labute approximate surface area is 118 Å². The van der Waals surface area contributed by atoms with Crippen LogP contribution in [-0.4, -0.2) is 21.9 Å². The Morgan fingerprint density at radius 2 is 2.05 bits per heavy atom. The summed E-state index contributed by atoms with van der Waals surface area (Å²) in [5.74, 6) is 2.94. The van der Waals surface area contributed by atoms with E-state index in [1.54, 1.807) is 7.11 Å². The van der Waals surface area contributed by atoms with Gasteiger partial charge in [-0.05, 0) is 31.5 Å². The van der Waals surface area contributed by atoms with Crippen molar-refractivity contribution in [3.8, 4) is 11.5 Å². The zero-order chi connectivity index (χ0) is 14.7. The van der Waals surface area contributed by atoms with E-state index in [9.17, 15) is 0 Å². The van der Waals surface area contributed by atoms with Crippen LogP contribution in [0.25, 0.3) is 0 Å². The van der Waals surface area contributed by atoms with Crippen molar-refractivity contribution in [2.45, 2.75) is 26.5 Å². The van der Waals surface area contributed by atoms with Crippen molar-refractivity contribution < 1.29 is 9.47 Å². The first-order valence-electron chi connectivity index (χ1n) is 6.44. The standard InChI is InChI=1S/C14H20N4O2/c1-9(15)11-5-6-12(13(7-11)19-4)20-8-14-17-16-10(2)18(14)3/h5-7,9H,8,15H2,1-4H3. The van der Waals surface area contributed by atoms with Crippen molar-refractivity contribution in [1.29, 1.82) is 0 Å². The summed E-state index contributed by atoms with van der Waals surface area (Å²) >= 11 is 0. The van der Waals surface area contributed by atoms with Gasteiger partial charge < -0.3 is 19.8 Å². The summed E-state index contributed by atoms with van der Waals surface area (Å²) < 4.78 is 13.0. The van der Waals surface area contributed by atoms with E-state index >= 15 is 0 Å². The molecular weight excluding hydrogens is 256 g/mol. The van der Waals surface area contributed by atoms with E-state index in [-0.39, 0.29) is 6.04 Å². The van der Waals surface area contributed by atoms with Crippen LogP contribution >= 0.6 is 0 Å². The van der Waals surface area contributed by atoms with Crippen LogP contribution in [0.5, 0.6) is 11.5 Å². The van der Waals surface area contributed by atoms with Crippen LogP contribution < -0.4 is 15.2 Å². The molecule has 20 heavy (non-hydrogen) atoms. The molecule has 0 aliphatic heterocycles. The van der Waals surface area contributed by atoms with Gasteiger partial charge >= 0.3 is 0 Å². The van der Waals surface area contributed by atoms with Gasteiger partial charge in [-0.15, -0.1) is 10.2 Å². The number of hydrogen-bond acceptors (Lipinski definition) is 5. The minimum atomic E-state index is -0.0423. The quantitative estimate of drug-likeness (QED) is 0.900. The fourth-order valence-electron chi connectivity index (χ4n) is 1.81. The third-order valence-electron chi connectivity index (χ3n) is 3.25. The molecule has 1 aromatic heterocycles. The second-order valence-electron chi connectivity index (χ2n) is 4.71. The summed E-state index contributed by atoms with van der Waals surface area (Å²) in [6.07, 6.45) is 0. The van der Waals surface area contributed by atoms with E-state index in [0.717, 1.165) is 17.2 Å². The molecule has 2 N–H and O–H groups in total. The number of benzene rings is 1. The smallest absolute Gasteiger partial charge is 0.170 e. The molecule has 1 heterocycles. The predicted molar refractivity (Wildman–Crippen MR) is 75.7 cm³/mol. The summed E-state index contributed by atoms with van der Waals surface area (Å²) in [7, 11) is 3.52. The highest BCUT2D eigenvalue weighted by molar-refractivity contribution is 5.43. The van der Waals surface area contributed by atoms with Crippen LogP contribution in [0.4, 0.5) is 0 Å². The number of ether oxygens (including phenoxy) is 2. The second-order valence-corrected chi connectivity index (χ2v) is 4.71. The van der Waals surface area contributed by atoms with Gasteiger partial charge in [0.15, 0.2) is 17.3 Å². The van der Waals surface area contributed by atoms with Gasteiger partial charge in [-0.1, -0.05) is 6.07 Å². The van der Waals surface area contributed by atoms with Crippen LogP contribution in [0.15, 0.2) is 18.2 Å². The zero-order valence-electron chi connectivity index (χ0n) is 12.3. The average molecular weight is 276 g/mol. The maximum Gasteiger partial charge on any atom is 0.170 e. The highest BCUT2D eigenvalue weighted by Crippen LogP contribution is 2.30. The first-order chi connectivity index (χ1) is 9.52. The molecule has 108 valence electrons. The molecule has 1 unspecified atom stereocenters.